The standard InChI is InChI=1S/C19H24N2O/c1-3-6-19(22)21(15-18-7-5-12-20-13-18)14-17-10-8-16(4-2)9-11-17/h5,7-13H,3-4,6,14-15H2,1-2H3. The minimum absolute atomic E-state index is 0.200. The van der Waals surface area contributed by atoms with Gasteiger partial charge in [0.25, 0.3) is 0 Å². The minimum Gasteiger partial charge on any atom is -0.334 e. The fraction of sp³-hybridized carbons (Fsp3) is 0.368. The van der Waals surface area contributed by atoms with E-state index in [0.29, 0.717) is 19.5 Å². The van der Waals surface area contributed by atoms with E-state index in [2.05, 4.69) is 36.2 Å². The molecule has 3 heteroatoms. The van der Waals surface area contributed by atoms with E-state index >= 15 is 0 Å². The Morgan fingerprint density at radius 3 is 2.27 bits per heavy atom. The van der Waals surface area contributed by atoms with Crippen LogP contribution in [-0.2, 0) is 24.3 Å². The molecule has 0 aliphatic rings. The Bertz CT molecular complexity index is 578. The lowest BCUT2D eigenvalue weighted by Crippen LogP contribution is -2.29. The van der Waals surface area contributed by atoms with E-state index < -0.39 is 0 Å². The predicted molar refractivity (Wildman–Crippen MR) is 89.2 cm³/mol. The van der Waals surface area contributed by atoms with Crippen molar-refractivity contribution in [2.75, 3.05) is 0 Å². The molecule has 1 aromatic carbocycles. The number of aromatic nitrogens is 1. The van der Waals surface area contributed by atoms with Crippen molar-refractivity contribution in [3.8, 4) is 0 Å². The summed E-state index contributed by atoms with van der Waals surface area (Å²) in [5.41, 5.74) is 3.56. The molecule has 0 aliphatic heterocycles. The molecular weight excluding hydrogens is 272 g/mol. The molecule has 0 saturated carbocycles. The molecule has 0 saturated heterocycles. The van der Waals surface area contributed by atoms with Crippen LogP contribution in [0.25, 0.3) is 0 Å². The van der Waals surface area contributed by atoms with Crippen LogP contribution in [0.3, 0.4) is 0 Å². The Morgan fingerprint density at radius 1 is 1.00 bits per heavy atom. The van der Waals surface area contributed by atoms with Gasteiger partial charge >= 0.3 is 0 Å². The van der Waals surface area contributed by atoms with Crippen molar-refractivity contribution >= 4 is 5.91 Å². The van der Waals surface area contributed by atoms with E-state index in [1.807, 2.05) is 30.2 Å². The predicted octanol–water partition coefficient (Wildman–Crippen LogP) is 3.97. The van der Waals surface area contributed by atoms with Gasteiger partial charge in [-0.15, -0.1) is 0 Å². The zero-order valence-electron chi connectivity index (χ0n) is 13.5. The molecule has 1 aromatic heterocycles. The third-order valence-corrected chi connectivity index (χ3v) is 3.72. The van der Waals surface area contributed by atoms with Gasteiger partial charge in [-0.2, -0.15) is 0 Å². The second-order valence-corrected chi connectivity index (χ2v) is 5.53. The first-order chi connectivity index (χ1) is 10.7. The summed E-state index contributed by atoms with van der Waals surface area (Å²) in [4.78, 5) is 18.4. The van der Waals surface area contributed by atoms with E-state index in [1.165, 1.54) is 11.1 Å². The van der Waals surface area contributed by atoms with E-state index in [0.717, 1.165) is 18.4 Å². The smallest absolute Gasteiger partial charge is 0.223 e. The molecule has 0 spiro atoms. The van der Waals surface area contributed by atoms with Crippen molar-refractivity contribution in [3.63, 3.8) is 0 Å². The van der Waals surface area contributed by atoms with Crippen LogP contribution in [0.5, 0.6) is 0 Å². The molecule has 0 radical (unpaired) electrons. The fourth-order valence-electron chi connectivity index (χ4n) is 2.42. The highest BCUT2D eigenvalue weighted by molar-refractivity contribution is 5.76. The maximum absolute atomic E-state index is 12.4. The molecule has 22 heavy (non-hydrogen) atoms. The van der Waals surface area contributed by atoms with Crippen molar-refractivity contribution in [3.05, 3.63) is 65.5 Å². The van der Waals surface area contributed by atoms with Gasteiger partial charge in [0.05, 0.1) is 0 Å². The molecule has 0 bridgehead atoms. The van der Waals surface area contributed by atoms with Gasteiger partial charge in [-0.1, -0.05) is 44.2 Å². The fourth-order valence-corrected chi connectivity index (χ4v) is 2.42. The van der Waals surface area contributed by atoms with E-state index in [1.54, 1.807) is 6.20 Å². The molecule has 0 unspecified atom stereocenters. The number of hydrogen-bond donors (Lipinski definition) is 0. The lowest BCUT2D eigenvalue weighted by atomic mass is 10.1. The van der Waals surface area contributed by atoms with Crippen LogP contribution >= 0.6 is 0 Å². The van der Waals surface area contributed by atoms with Gasteiger partial charge in [-0.3, -0.25) is 9.78 Å². The second kappa shape index (κ2) is 8.32. The van der Waals surface area contributed by atoms with Gasteiger partial charge in [-0.05, 0) is 35.6 Å². The first kappa shape index (κ1) is 16.2. The first-order valence-corrected chi connectivity index (χ1v) is 7.97. The van der Waals surface area contributed by atoms with Crippen LogP contribution in [0.1, 0.15) is 43.4 Å². The molecule has 1 heterocycles. The molecule has 0 N–H and O–H groups in total. The summed E-state index contributed by atoms with van der Waals surface area (Å²) in [5, 5.41) is 0. The molecule has 3 nitrogen and oxygen atoms in total. The highest BCUT2D eigenvalue weighted by atomic mass is 16.2. The average molecular weight is 296 g/mol. The van der Waals surface area contributed by atoms with E-state index in [-0.39, 0.29) is 5.91 Å². The summed E-state index contributed by atoms with van der Waals surface area (Å²) in [5.74, 6) is 0.200. The zero-order valence-corrected chi connectivity index (χ0v) is 13.5. The van der Waals surface area contributed by atoms with Gasteiger partial charge in [0.15, 0.2) is 0 Å². The van der Waals surface area contributed by atoms with Crippen molar-refractivity contribution in [2.24, 2.45) is 0 Å². The van der Waals surface area contributed by atoms with Crippen LogP contribution in [0.4, 0.5) is 0 Å². The summed E-state index contributed by atoms with van der Waals surface area (Å²) < 4.78 is 0. The van der Waals surface area contributed by atoms with Crippen LogP contribution in [-0.4, -0.2) is 15.8 Å². The summed E-state index contributed by atoms with van der Waals surface area (Å²) >= 11 is 0. The lowest BCUT2D eigenvalue weighted by Gasteiger charge is -2.23. The number of amides is 1. The Balaban J connectivity index is 2.11. The molecule has 2 aromatic rings. The van der Waals surface area contributed by atoms with Crippen LogP contribution < -0.4 is 0 Å². The molecule has 1 amide bonds. The van der Waals surface area contributed by atoms with Crippen molar-refractivity contribution in [1.29, 1.82) is 0 Å². The minimum atomic E-state index is 0.200. The summed E-state index contributed by atoms with van der Waals surface area (Å²) in [6.45, 7) is 5.45. The topological polar surface area (TPSA) is 33.2 Å². The normalized spacial score (nSPS) is 10.5. The summed E-state index contributed by atoms with van der Waals surface area (Å²) in [6, 6.07) is 12.4. The Kier molecular flexibility index (Phi) is 6.13. The number of carbonyl (C=O) groups is 1. The van der Waals surface area contributed by atoms with E-state index in [9.17, 15) is 4.79 Å². The van der Waals surface area contributed by atoms with Crippen LogP contribution in [0.15, 0.2) is 48.8 Å². The lowest BCUT2D eigenvalue weighted by molar-refractivity contribution is -0.132. The van der Waals surface area contributed by atoms with Gasteiger partial charge in [0, 0.05) is 31.9 Å². The zero-order chi connectivity index (χ0) is 15.8. The highest BCUT2D eigenvalue weighted by Crippen LogP contribution is 2.13. The third-order valence-electron chi connectivity index (χ3n) is 3.72. The SMILES string of the molecule is CCCC(=O)N(Cc1ccc(CC)cc1)Cc1cccnc1. The second-order valence-electron chi connectivity index (χ2n) is 5.53. The molecule has 0 fully saturated rings. The highest BCUT2D eigenvalue weighted by Gasteiger charge is 2.13. The van der Waals surface area contributed by atoms with Crippen molar-refractivity contribution in [2.45, 2.75) is 46.2 Å². The molecule has 0 atom stereocenters. The maximum Gasteiger partial charge on any atom is 0.223 e. The van der Waals surface area contributed by atoms with Gasteiger partial charge in [-0.25, -0.2) is 0 Å². The molecule has 2 rings (SSSR count). The Labute approximate surface area is 133 Å². The largest absolute Gasteiger partial charge is 0.334 e. The number of aryl methyl sites for hydroxylation is 1. The number of benzene rings is 1. The first-order valence-electron chi connectivity index (χ1n) is 7.97. The summed E-state index contributed by atoms with van der Waals surface area (Å²) in [7, 11) is 0. The number of carbonyl (C=O) groups excluding carboxylic acids is 1. The quantitative estimate of drug-likeness (QED) is 0.774. The number of pyridine rings is 1. The summed E-state index contributed by atoms with van der Waals surface area (Å²) in [6.07, 6.45) is 6.08. The third kappa shape index (κ3) is 4.69. The van der Waals surface area contributed by atoms with Crippen LogP contribution in [0, 0.1) is 0 Å². The Hall–Kier alpha value is -2.16. The molecule has 0 aliphatic carbocycles. The maximum atomic E-state index is 12.4. The number of rotatable bonds is 7. The van der Waals surface area contributed by atoms with Gasteiger partial charge < -0.3 is 4.90 Å². The Morgan fingerprint density at radius 2 is 1.68 bits per heavy atom. The number of hydrogen-bond acceptors (Lipinski definition) is 2. The molecular formula is C19H24N2O. The molecule has 116 valence electrons. The van der Waals surface area contributed by atoms with Crippen molar-refractivity contribution in [1.82, 2.24) is 9.88 Å². The number of nitrogens with zero attached hydrogens (tertiary/aromatic N) is 2. The van der Waals surface area contributed by atoms with Crippen LogP contribution in [0.2, 0.25) is 0 Å². The van der Waals surface area contributed by atoms with Crippen molar-refractivity contribution < 1.29 is 4.79 Å². The monoisotopic (exact) mass is 296 g/mol. The van der Waals surface area contributed by atoms with Gasteiger partial charge in [0.1, 0.15) is 0 Å². The van der Waals surface area contributed by atoms with Gasteiger partial charge in [0.2, 0.25) is 5.91 Å². The van der Waals surface area contributed by atoms with E-state index in [4.69, 9.17) is 0 Å². The average Bonchev–Trinajstić information content (AvgIpc) is 2.56.